The number of nitrogens with zero attached hydrogens (tertiary/aromatic N) is 1. The van der Waals surface area contributed by atoms with Crippen molar-refractivity contribution in [3.05, 3.63) is 54.1 Å². The predicted octanol–water partition coefficient (Wildman–Crippen LogP) is 3.96. The van der Waals surface area contributed by atoms with Crippen molar-refractivity contribution in [2.45, 2.75) is 37.8 Å². The fourth-order valence-electron chi connectivity index (χ4n) is 3.73. The first-order valence-electron chi connectivity index (χ1n) is 9.68. The van der Waals surface area contributed by atoms with Crippen LogP contribution in [0.1, 0.15) is 25.7 Å². The number of anilines is 1. The molecule has 0 spiro atoms. The monoisotopic (exact) mass is 437 g/mol. The number of carbonyl (C=O) groups excluding carboxylic acids is 1. The van der Waals surface area contributed by atoms with Crippen molar-refractivity contribution in [3.8, 4) is 11.1 Å². The molecular weight excluding hydrogens is 412 g/mol. The molecule has 1 saturated carbocycles. The topological polar surface area (TPSA) is 78.5 Å². The van der Waals surface area contributed by atoms with Crippen molar-refractivity contribution in [1.29, 1.82) is 0 Å². The summed E-state index contributed by atoms with van der Waals surface area (Å²) in [7, 11) is -1.52. The summed E-state index contributed by atoms with van der Waals surface area (Å²) in [6.45, 7) is 0. The molecule has 0 saturated heterocycles. The Morgan fingerprint density at radius 1 is 0.967 bits per heavy atom. The zero-order valence-corrected chi connectivity index (χ0v) is 17.7. The second-order valence-electron chi connectivity index (χ2n) is 7.67. The molecule has 0 aromatic heterocycles. The van der Waals surface area contributed by atoms with E-state index in [-0.39, 0.29) is 18.1 Å². The average Bonchev–Trinajstić information content (AvgIpc) is 2.66. The van der Waals surface area contributed by atoms with Crippen molar-refractivity contribution in [2.24, 2.45) is 0 Å². The summed E-state index contributed by atoms with van der Waals surface area (Å²) >= 11 is 0. The Morgan fingerprint density at radius 2 is 1.53 bits per heavy atom. The van der Waals surface area contributed by atoms with Crippen LogP contribution >= 0.6 is 0 Å². The fraction of sp³-hybridized carbons (Fsp3) is 0.381. The number of urea groups is 1. The summed E-state index contributed by atoms with van der Waals surface area (Å²) in [5, 5.41) is 2.82. The van der Waals surface area contributed by atoms with E-state index >= 15 is 0 Å². The van der Waals surface area contributed by atoms with Crippen LogP contribution in [0.3, 0.4) is 0 Å². The maximum atomic E-state index is 13.4. The third-order valence-corrected chi connectivity index (χ3v) is 6.04. The molecule has 3 rings (SSSR count). The normalized spacial score (nSPS) is 19.3. The Bertz CT molecular complexity index is 984. The average molecular weight is 438 g/mol. The van der Waals surface area contributed by atoms with E-state index in [1.807, 2.05) is 0 Å². The molecule has 0 radical (unpaired) electrons. The summed E-state index contributed by atoms with van der Waals surface area (Å²) in [6.07, 6.45) is 3.92. The first-order chi connectivity index (χ1) is 14.1. The fourth-order valence-corrected chi connectivity index (χ4v) is 4.57. The summed E-state index contributed by atoms with van der Waals surface area (Å²) in [5.74, 6) is -1.30. The number of hydrogen-bond acceptors (Lipinski definition) is 3. The van der Waals surface area contributed by atoms with E-state index in [9.17, 15) is 22.0 Å². The smallest absolute Gasteiger partial charge is 0.321 e. The first-order valence-corrected chi connectivity index (χ1v) is 11.6. The highest BCUT2D eigenvalue weighted by Gasteiger charge is 2.27. The van der Waals surface area contributed by atoms with E-state index in [2.05, 4.69) is 10.0 Å². The standard InChI is InChI=1S/C21H25F2N3O3S/c1-26(20-9-7-19(8-10-20)25-30(2,28)29)21(27)24-18-5-3-14(4-6-18)15-11-16(22)13-17(23)12-15/h3-6,11-13,19-20,25H,7-10H2,1-2H3,(H,24,27). The number of sulfonamides is 1. The Labute approximate surface area is 175 Å². The molecule has 0 aliphatic heterocycles. The van der Waals surface area contributed by atoms with E-state index in [4.69, 9.17) is 0 Å². The summed E-state index contributed by atoms with van der Waals surface area (Å²) in [5.41, 5.74) is 1.62. The van der Waals surface area contributed by atoms with Crippen LogP contribution < -0.4 is 10.0 Å². The van der Waals surface area contributed by atoms with Gasteiger partial charge in [-0.25, -0.2) is 26.7 Å². The van der Waals surface area contributed by atoms with Crippen molar-refractivity contribution in [3.63, 3.8) is 0 Å². The molecule has 9 heteroatoms. The molecule has 2 amide bonds. The Balaban J connectivity index is 1.57. The molecule has 1 aliphatic rings. The van der Waals surface area contributed by atoms with Gasteiger partial charge >= 0.3 is 6.03 Å². The van der Waals surface area contributed by atoms with E-state index < -0.39 is 21.7 Å². The number of halogens is 2. The van der Waals surface area contributed by atoms with Crippen molar-refractivity contribution < 1.29 is 22.0 Å². The van der Waals surface area contributed by atoms with Gasteiger partial charge in [-0.05, 0) is 61.1 Å². The lowest BCUT2D eigenvalue weighted by Gasteiger charge is -2.34. The summed E-state index contributed by atoms with van der Waals surface area (Å²) in [4.78, 5) is 14.2. The molecule has 0 unspecified atom stereocenters. The molecule has 2 N–H and O–H groups in total. The minimum atomic E-state index is -3.23. The summed E-state index contributed by atoms with van der Waals surface area (Å²) in [6, 6.07) is 9.72. The van der Waals surface area contributed by atoms with Crippen LogP contribution in [-0.4, -0.2) is 44.7 Å². The van der Waals surface area contributed by atoms with Crippen LogP contribution in [0, 0.1) is 11.6 Å². The van der Waals surface area contributed by atoms with Gasteiger partial charge in [0, 0.05) is 30.9 Å². The highest BCUT2D eigenvalue weighted by molar-refractivity contribution is 7.88. The lowest BCUT2D eigenvalue weighted by Crippen LogP contribution is -2.45. The maximum absolute atomic E-state index is 13.4. The first kappa shape index (κ1) is 22.2. The van der Waals surface area contributed by atoms with Crippen LogP contribution in [0.15, 0.2) is 42.5 Å². The quantitative estimate of drug-likeness (QED) is 0.743. The zero-order chi connectivity index (χ0) is 21.9. The van der Waals surface area contributed by atoms with Gasteiger partial charge in [-0.2, -0.15) is 0 Å². The maximum Gasteiger partial charge on any atom is 0.321 e. The molecule has 2 aromatic rings. The lowest BCUT2D eigenvalue weighted by atomic mass is 9.91. The Morgan fingerprint density at radius 3 is 2.07 bits per heavy atom. The number of benzene rings is 2. The third-order valence-electron chi connectivity index (χ3n) is 5.28. The van der Waals surface area contributed by atoms with Crippen molar-refractivity contribution >= 4 is 21.7 Å². The van der Waals surface area contributed by atoms with Crippen molar-refractivity contribution in [1.82, 2.24) is 9.62 Å². The zero-order valence-electron chi connectivity index (χ0n) is 16.9. The minimum Gasteiger partial charge on any atom is -0.325 e. The highest BCUT2D eigenvalue weighted by Crippen LogP contribution is 2.25. The van der Waals surface area contributed by atoms with Gasteiger partial charge in [-0.1, -0.05) is 12.1 Å². The third kappa shape index (κ3) is 5.99. The van der Waals surface area contributed by atoms with E-state index in [1.165, 1.54) is 12.1 Å². The largest absolute Gasteiger partial charge is 0.325 e. The Kier molecular flexibility index (Phi) is 6.72. The van der Waals surface area contributed by atoms with Gasteiger partial charge < -0.3 is 10.2 Å². The molecule has 0 bridgehead atoms. The van der Waals surface area contributed by atoms with Crippen LogP contribution in [0.25, 0.3) is 11.1 Å². The van der Waals surface area contributed by atoms with Crippen LogP contribution in [-0.2, 0) is 10.0 Å². The van der Waals surface area contributed by atoms with Crippen LogP contribution in [0.2, 0.25) is 0 Å². The second-order valence-corrected chi connectivity index (χ2v) is 9.45. The molecule has 2 aromatic carbocycles. The molecular formula is C21H25F2N3O3S. The second kappa shape index (κ2) is 9.09. The number of hydrogen-bond donors (Lipinski definition) is 2. The van der Waals surface area contributed by atoms with Gasteiger partial charge in [0.25, 0.3) is 0 Å². The van der Waals surface area contributed by atoms with Crippen LogP contribution in [0.4, 0.5) is 19.3 Å². The minimum absolute atomic E-state index is 0.0251. The molecule has 162 valence electrons. The Hall–Kier alpha value is -2.52. The highest BCUT2D eigenvalue weighted by atomic mass is 32.2. The number of rotatable bonds is 5. The van der Waals surface area contributed by atoms with Gasteiger partial charge in [-0.3, -0.25) is 0 Å². The van der Waals surface area contributed by atoms with Crippen molar-refractivity contribution in [2.75, 3.05) is 18.6 Å². The van der Waals surface area contributed by atoms with Gasteiger partial charge in [0.15, 0.2) is 0 Å². The molecule has 0 heterocycles. The van der Waals surface area contributed by atoms with E-state index in [0.717, 1.165) is 12.3 Å². The predicted molar refractivity (Wildman–Crippen MR) is 113 cm³/mol. The molecule has 30 heavy (non-hydrogen) atoms. The summed E-state index contributed by atoms with van der Waals surface area (Å²) < 4.78 is 52.1. The number of carbonyl (C=O) groups is 1. The molecule has 1 aliphatic carbocycles. The van der Waals surface area contributed by atoms with Gasteiger partial charge in [0.2, 0.25) is 10.0 Å². The van der Waals surface area contributed by atoms with Gasteiger partial charge in [0.1, 0.15) is 11.6 Å². The SMILES string of the molecule is CN(C(=O)Nc1ccc(-c2cc(F)cc(F)c2)cc1)C1CCC(NS(C)(=O)=O)CC1. The van der Waals surface area contributed by atoms with E-state index in [0.29, 0.717) is 42.5 Å². The van der Waals surface area contributed by atoms with Gasteiger partial charge in [0.05, 0.1) is 6.26 Å². The lowest BCUT2D eigenvalue weighted by molar-refractivity contribution is 0.180. The molecule has 1 fully saturated rings. The van der Waals surface area contributed by atoms with E-state index in [1.54, 1.807) is 36.2 Å². The van der Waals surface area contributed by atoms with Gasteiger partial charge in [-0.15, -0.1) is 0 Å². The number of nitrogens with one attached hydrogen (secondary N) is 2. The van der Waals surface area contributed by atoms with Crippen LogP contribution in [0.5, 0.6) is 0 Å². The molecule has 6 nitrogen and oxygen atoms in total. The molecule has 0 atom stereocenters. The number of amides is 2.